The second-order valence-electron chi connectivity index (χ2n) is 10.1. The first kappa shape index (κ1) is 34.0. The molecule has 0 radical (unpaired) electrons. The molecule has 7 nitrogen and oxygen atoms in total. The molecular formula is C35H46O7S. The Balaban J connectivity index is 1.49. The van der Waals surface area contributed by atoms with E-state index in [1.54, 1.807) is 18.3 Å². The van der Waals surface area contributed by atoms with Gasteiger partial charge in [-0.2, -0.15) is 11.3 Å². The highest BCUT2D eigenvalue weighted by atomic mass is 32.1. The van der Waals surface area contributed by atoms with Crippen LogP contribution in [0.4, 0.5) is 0 Å². The fraction of sp³-hybridized carbons (Fsp3) is 0.486. The number of hydrogen-bond acceptors (Lipinski definition) is 8. The van der Waals surface area contributed by atoms with Gasteiger partial charge in [-0.05, 0) is 110 Å². The Morgan fingerprint density at radius 2 is 1.40 bits per heavy atom. The summed E-state index contributed by atoms with van der Waals surface area (Å²) >= 11 is 1.68. The van der Waals surface area contributed by atoms with Gasteiger partial charge >= 0.3 is 11.9 Å². The molecule has 0 aliphatic carbocycles. The Bertz CT molecular complexity index is 1240. The van der Waals surface area contributed by atoms with Gasteiger partial charge in [-0.3, -0.25) is 9.59 Å². The molecule has 0 saturated heterocycles. The van der Waals surface area contributed by atoms with Crippen LogP contribution < -0.4 is 14.2 Å². The predicted molar refractivity (Wildman–Crippen MR) is 171 cm³/mol. The first-order valence-corrected chi connectivity index (χ1v) is 16.5. The first-order valence-electron chi connectivity index (χ1n) is 15.5. The smallest absolute Gasteiger partial charge is 0.306 e. The molecule has 0 spiro atoms. The van der Waals surface area contributed by atoms with E-state index >= 15 is 0 Å². The monoisotopic (exact) mass is 610 g/mol. The van der Waals surface area contributed by atoms with Crippen molar-refractivity contribution in [2.24, 2.45) is 0 Å². The third-order valence-electron chi connectivity index (χ3n) is 6.86. The molecule has 0 N–H and O–H groups in total. The molecule has 234 valence electrons. The van der Waals surface area contributed by atoms with Crippen LogP contribution in [-0.2, 0) is 31.9 Å². The number of ether oxygens (including phenoxy) is 5. The van der Waals surface area contributed by atoms with Gasteiger partial charge < -0.3 is 23.7 Å². The van der Waals surface area contributed by atoms with Crippen molar-refractivity contribution in [3.05, 3.63) is 64.4 Å². The number of rotatable bonds is 21. The SMILES string of the molecule is CCOC(=O)CCCOc1cccc(CCCCCCOc2cc(OCC)cc(-c3ccsc3)c2)c1CCC(=O)OCC. The number of hydrogen-bond donors (Lipinski definition) is 0. The zero-order valence-corrected chi connectivity index (χ0v) is 26.7. The summed E-state index contributed by atoms with van der Waals surface area (Å²) in [4.78, 5) is 23.7. The molecule has 1 aromatic heterocycles. The minimum absolute atomic E-state index is 0.209. The van der Waals surface area contributed by atoms with E-state index in [9.17, 15) is 9.59 Å². The zero-order valence-electron chi connectivity index (χ0n) is 25.9. The lowest BCUT2D eigenvalue weighted by Gasteiger charge is -2.16. The summed E-state index contributed by atoms with van der Waals surface area (Å²) < 4.78 is 28.1. The van der Waals surface area contributed by atoms with E-state index < -0.39 is 0 Å². The Hall–Kier alpha value is -3.52. The van der Waals surface area contributed by atoms with Crippen molar-refractivity contribution in [1.82, 2.24) is 0 Å². The molecule has 8 heteroatoms. The van der Waals surface area contributed by atoms with E-state index in [4.69, 9.17) is 23.7 Å². The molecule has 0 atom stereocenters. The highest BCUT2D eigenvalue weighted by molar-refractivity contribution is 7.08. The molecule has 2 aromatic carbocycles. The van der Waals surface area contributed by atoms with Crippen LogP contribution in [0, 0.1) is 0 Å². The molecule has 0 amide bonds. The molecule has 3 aromatic rings. The molecule has 0 saturated carbocycles. The van der Waals surface area contributed by atoms with E-state index in [0.29, 0.717) is 58.7 Å². The van der Waals surface area contributed by atoms with Crippen molar-refractivity contribution in [3.8, 4) is 28.4 Å². The van der Waals surface area contributed by atoms with Gasteiger partial charge in [-0.25, -0.2) is 0 Å². The number of unbranched alkanes of at least 4 members (excludes halogenated alkanes) is 3. The van der Waals surface area contributed by atoms with Crippen LogP contribution in [0.25, 0.3) is 11.1 Å². The molecule has 0 fully saturated rings. The average molecular weight is 611 g/mol. The van der Waals surface area contributed by atoms with E-state index in [0.717, 1.165) is 60.5 Å². The van der Waals surface area contributed by atoms with E-state index in [-0.39, 0.29) is 11.9 Å². The second-order valence-corrected chi connectivity index (χ2v) is 10.9. The Morgan fingerprint density at radius 1 is 0.674 bits per heavy atom. The first-order chi connectivity index (χ1) is 21.0. The molecule has 0 unspecified atom stereocenters. The van der Waals surface area contributed by atoms with Crippen molar-refractivity contribution in [1.29, 1.82) is 0 Å². The summed E-state index contributed by atoms with van der Waals surface area (Å²) in [7, 11) is 0. The number of thiophene rings is 1. The number of carbonyl (C=O) groups excluding carboxylic acids is 2. The molecule has 3 rings (SSSR count). The van der Waals surface area contributed by atoms with Crippen LogP contribution in [-0.4, -0.2) is 45.0 Å². The summed E-state index contributed by atoms with van der Waals surface area (Å²) in [5.74, 6) is 2.01. The topological polar surface area (TPSA) is 80.3 Å². The van der Waals surface area contributed by atoms with Crippen molar-refractivity contribution in [3.63, 3.8) is 0 Å². The molecule has 43 heavy (non-hydrogen) atoms. The Labute approximate surface area is 260 Å². The largest absolute Gasteiger partial charge is 0.494 e. The molecule has 1 heterocycles. The minimum atomic E-state index is -0.213. The van der Waals surface area contributed by atoms with Crippen LogP contribution in [0.1, 0.15) is 76.8 Å². The van der Waals surface area contributed by atoms with E-state index in [1.807, 2.05) is 32.0 Å². The van der Waals surface area contributed by atoms with Crippen LogP contribution in [0.3, 0.4) is 0 Å². The van der Waals surface area contributed by atoms with Gasteiger partial charge in [0.1, 0.15) is 17.2 Å². The lowest BCUT2D eigenvalue weighted by Crippen LogP contribution is -2.10. The van der Waals surface area contributed by atoms with Gasteiger partial charge in [-0.1, -0.05) is 25.0 Å². The molecule has 0 aliphatic rings. The summed E-state index contributed by atoms with van der Waals surface area (Å²) in [5.41, 5.74) is 4.51. The van der Waals surface area contributed by atoms with E-state index in [1.165, 1.54) is 11.1 Å². The zero-order chi connectivity index (χ0) is 30.7. The van der Waals surface area contributed by atoms with Crippen LogP contribution in [0.15, 0.2) is 53.2 Å². The van der Waals surface area contributed by atoms with Crippen LogP contribution in [0.5, 0.6) is 17.2 Å². The average Bonchev–Trinajstić information content (AvgIpc) is 3.54. The maximum Gasteiger partial charge on any atom is 0.306 e. The fourth-order valence-corrected chi connectivity index (χ4v) is 5.48. The molecule has 0 bridgehead atoms. The van der Waals surface area contributed by atoms with Gasteiger partial charge in [0, 0.05) is 18.9 Å². The third-order valence-corrected chi connectivity index (χ3v) is 7.54. The number of aryl methyl sites for hydroxylation is 1. The van der Waals surface area contributed by atoms with Gasteiger partial charge in [0.25, 0.3) is 0 Å². The van der Waals surface area contributed by atoms with Crippen molar-refractivity contribution >= 4 is 23.3 Å². The number of esters is 2. The van der Waals surface area contributed by atoms with Crippen molar-refractivity contribution in [2.75, 3.05) is 33.0 Å². The van der Waals surface area contributed by atoms with Gasteiger partial charge in [0.2, 0.25) is 0 Å². The van der Waals surface area contributed by atoms with Crippen LogP contribution >= 0.6 is 11.3 Å². The number of carbonyl (C=O) groups is 2. The molecular weight excluding hydrogens is 564 g/mol. The predicted octanol–water partition coefficient (Wildman–Crippen LogP) is 8.21. The summed E-state index contributed by atoms with van der Waals surface area (Å²) in [5, 5.41) is 4.20. The van der Waals surface area contributed by atoms with Gasteiger partial charge in [-0.15, -0.1) is 0 Å². The molecule has 0 aliphatic heterocycles. The third kappa shape index (κ3) is 12.3. The second kappa shape index (κ2) is 19.6. The maximum atomic E-state index is 12.1. The van der Waals surface area contributed by atoms with Gasteiger partial charge in [0.15, 0.2) is 0 Å². The summed E-state index contributed by atoms with van der Waals surface area (Å²) in [6.07, 6.45) is 6.79. The van der Waals surface area contributed by atoms with Crippen LogP contribution in [0.2, 0.25) is 0 Å². The van der Waals surface area contributed by atoms with Crippen molar-refractivity contribution in [2.45, 2.75) is 78.6 Å². The highest BCUT2D eigenvalue weighted by Crippen LogP contribution is 2.31. The van der Waals surface area contributed by atoms with E-state index in [2.05, 4.69) is 35.0 Å². The quantitative estimate of drug-likeness (QED) is 0.0888. The van der Waals surface area contributed by atoms with Gasteiger partial charge in [0.05, 0.1) is 33.0 Å². The fourth-order valence-electron chi connectivity index (χ4n) is 4.82. The standard InChI is InChI=1S/C35H46O7S/c1-4-38-30-23-29(28-19-22-43-26-28)24-31(25-30)41-20-10-8-7-9-13-27-14-11-15-33(32(27)17-18-35(37)40-6-3)42-21-12-16-34(36)39-5-2/h11,14-15,19,22-26H,4-10,12-13,16-18,20-21H2,1-3H3. The number of benzene rings is 2. The lowest BCUT2D eigenvalue weighted by atomic mass is 9.96. The Kier molecular flexibility index (Phi) is 15.5. The summed E-state index contributed by atoms with van der Waals surface area (Å²) in [6.45, 7) is 8.03. The van der Waals surface area contributed by atoms with Crippen molar-refractivity contribution < 1.29 is 33.3 Å². The highest BCUT2D eigenvalue weighted by Gasteiger charge is 2.13. The maximum absolute atomic E-state index is 12.1. The minimum Gasteiger partial charge on any atom is -0.494 e. The Morgan fingerprint density at radius 3 is 2.12 bits per heavy atom. The normalized spacial score (nSPS) is 10.8. The summed E-state index contributed by atoms with van der Waals surface area (Å²) in [6, 6.07) is 14.3. The lowest BCUT2D eigenvalue weighted by molar-refractivity contribution is -0.144.